The lowest BCUT2D eigenvalue weighted by Crippen LogP contribution is -2.27. The average Bonchev–Trinajstić information content (AvgIpc) is 2.73. The third-order valence-corrected chi connectivity index (χ3v) is 3.37. The van der Waals surface area contributed by atoms with Gasteiger partial charge in [-0.1, -0.05) is 19.9 Å². The Bertz CT molecular complexity index is 345. The molecule has 1 aliphatic heterocycles. The minimum Gasteiger partial charge on any atom is -0.354 e. The van der Waals surface area contributed by atoms with Crippen molar-refractivity contribution in [2.75, 3.05) is 11.4 Å². The third-order valence-electron chi connectivity index (χ3n) is 3.37. The smallest absolute Gasteiger partial charge is 0.128 e. The highest BCUT2D eigenvalue weighted by molar-refractivity contribution is 5.41. The van der Waals surface area contributed by atoms with Gasteiger partial charge in [-0.3, -0.25) is 0 Å². The summed E-state index contributed by atoms with van der Waals surface area (Å²) in [6, 6.07) is 5.50. The van der Waals surface area contributed by atoms with E-state index in [1.165, 1.54) is 18.4 Å². The lowest BCUT2D eigenvalue weighted by molar-refractivity contribution is 0.588. The van der Waals surface area contributed by atoms with E-state index in [1.807, 2.05) is 6.20 Å². The Labute approximate surface area is 104 Å². The van der Waals surface area contributed by atoms with Crippen LogP contribution in [0.5, 0.6) is 0 Å². The summed E-state index contributed by atoms with van der Waals surface area (Å²) >= 11 is 0. The maximum atomic E-state index is 4.57. The van der Waals surface area contributed by atoms with Crippen LogP contribution >= 0.6 is 0 Å². The van der Waals surface area contributed by atoms with Gasteiger partial charge in [-0.15, -0.1) is 0 Å². The quantitative estimate of drug-likeness (QED) is 0.866. The van der Waals surface area contributed by atoms with E-state index in [0.717, 1.165) is 18.9 Å². The number of aromatic nitrogens is 1. The Balaban J connectivity index is 1.97. The minimum absolute atomic E-state index is 0.522. The Morgan fingerprint density at radius 1 is 1.47 bits per heavy atom. The van der Waals surface area contributed by atoms with Crippen molar-refractivity contribution in [1.29, 1.82) is 0 Å². The topological polar surface area (TPSA) is 28.2 Å². The first kappa shape index (κ1) is 12.4. The van der Waals surface area contributed by atoms with Gasteiger partial charge in [-0.05, 0) is 31.4 Å². The van der Waals surface area contributed by atoms with E-state index >= 15 is 0 Å². The monoisotopic (exact) mass is 233 g/mol. The highest BCUT2D eigenvalue weighted by Crippen LogP contribution is 2.23. The molecule has 2 rings (SSSR count). The standard InChI is InChI=1S/C14H23N3/c1-11(2)15-9-13-6-7-14(16-10-13)17-8-4-5-12(17)3/h6-7,10-12,15H,4-5,8-9H2,1-3H3/t12-/m1/s1. The highest BCUT2D eigenvalue weighted by Gasteiger charge is 2.20. The van der Waals surface area contributed by atoms with Crippen LogP contribution in [0.1, 0.15) is 39.2 Å². The van der Waals surface area contributed by atoms with Crippen LogP contribution in [0.15, 0.2) is 18.3 Å². The maximum absolute atomic E-state index is 4.57. The van der Waals surface area contributed by atoms with Crippen LogP contribution in [0.2, 0.25) is 0 Å². The number of pyridine rings is 1. The van der Waals surface area contributed by atoms with E-state index in [4.69, 9.17) is 0 Å². The summed E-state index contributed by atoms with van der Waals surface area (Å²) in [4.78, 5) is 6.98. The van der Waals surface area contributed by atoms with Crippen molar-refractivity contribution in [2.24, 2.45) is 0 Å². The number of nitrogens with zero attached hydrogens (tertiary/aromatic N) is 2. The molecule has 17 heavy (non-hydrogen) atoms. The molecule has 0 aliphatic carbocycles. The Hall–Kier alpha value is -1.09. The van der Waals surface area contributed by atoms with Crippen molar-refractivity contribution in [3.8, 4) is 0 Å². The van der Waals surface area contributed by atoms with E-state index in [0.29, 0.717) is 12.1 Å². The molecule has 3 nitrogen and oxygen atoms in total. The van der Waals surface area contributed by atoms with Crippen molar-refractivity contribution in [3.05, 3.63) is 23.9 Å². The van der Waals surface area contributed by atoms with Crippen LogP contribution in [-0.2, 0) is 6.54 Å². The summed E-state index contributed by atoms with van der Waals surface area (Å²) in [5.41, 5.74) is 1.26. The van der Waals surface area contributed by atoms with Crippen molar-refractivity contribution in [2.45, 2.75) is 52.2 Å². The maximum Gasteiger partial charge on any atom is 0.128 e. The second-order valence-corrected chi connectivity index (χ2v) is 5.24. The summed E-state index contributed by atoms with van der Waals surface area (Å²) in [6.45, 7) is 8.66. The van der Waals surface area contributed by atoms with Gasteiger partial charge in [-0.2, -0.15) is 0 Å². The molecule has 3 heteroatoms. The van der Waals surface area contributed by atoms with E-state index in [-0.39, 0.29) is 0 Å². The number of hydrogen-bond donors (Lipinski definition) is 1. The molecule has 1 atom stereocenters. The molecule has 0 aromatic carbocycles. The zero-order chi connectivity index (χ0) is 12.3. The lowest BCUT2D eigenvalue weighted by Gasteiger charge is -2.22. The van der Waals surface area contributed by atoms with Gasteiger partial charge < -0.3 is 10.2 Å². The fourth-order valence-electron chi connectivity index (χ4n) is 2.29. The Kier molecular flexibility index (Phi) is 4.00. The zero-order valence-corrected chi connectivity index (χ0v) is 11.1. The first-order valence-electron chi connectivity index (χ1n) is 6.62. The fourth-order valence-corrected chi connectivity index (χ4v) is 2.29. The van der Waals surface area contributed by atoms with Crippen molar-refractivity contribution in [3.63, 3.8) is 0 Å². The van der Waals surface area contributed by atoms with Gasteiger partial charge in [0.1, 0.15) is 5.82 Å². The summed E-state index contributed by atoms with van der Waals surface area (Å²) in [6.07, 6.45) is 4.58. The second kappa shape index (κ2) is 5.50. The Morgan fingerprint density at radius 3 is 2.82 bits per heavy atom. The van der Waals surface area contributed by atoms with Gasteiger partial charge in [0.05, 0.1) is 0 Å². The molecule has 1 saturated heterocycles. The predicted molar refractivity (Wildman–Crippen MR) is 72.3 cm³/mol. The van der Waals surface area contributed by atoms with E-state index in [9.17, 15) is 0 Å². The molecule has 0 spiro atoms. The van der Waals surface area contributed by atoms with Crippen LogP contribution in [-0.4, -0.2) is 23.6 Å². The van der Waals surface area contributed by atoms with Crippen LogP contribution < -0.4 is 10.2 Å². The van der Waals surface area contributed by atoms with Gasteiger partial charge in [0.25, 0.3) is 0 Å². The van der Waals surface area contributed by atoms with Gasteiger partial charge >= 0.3 is 0 Å². The molecule has 2 heterocycles. The second-order valence-electron chi connectivity index (χ2n) is 5.24. The lowest BCUT2D eigenvalue weighted by atomic mass is 10.2. The molecule has 1 N–H and O–H groups in total. The van der Waals surface area contributed by atoms with Gasteiger partial charge in [0.15, 0.2) is 0 Å². The molecular formula is C14H23N3. The van der Waals surface area contributed by atoms with Crippen LogP contribution in [0.3, 0.4) is 0 Å². The predicted octanol–water partition coefficient (Wildman–Crippen LogP) is 2.57. The van der Waals surface area contributed by atoms with Crippen molar-refractivity contribution in [1.82, 2.24) is 10.3 Å². The van der Waals surface area contributed by atoms with Gasteiger partial charge in [0, 0.05) is 31.4 Å². The molecule has 1 fully saturated rings. The average molecular weight is 233 g/mol. The number of anilines is 1. The summed E-state index contributed by atoms with van der Waals surface area (Å²) in [7, 11) is 0. The van der Waals surface area contributed by atoms with Gasteiger partial charge in [0.2, 0.25) is 0 Å². The van der Waals surface area contributed by atoms with E-state index in [2.05, 4.69) is 48.1 Å². The number of nitrogens with one attached hydrogen (secondary N) is 1. The fraction of sp³-hybridized carbons (Fsp3) is 0.643. The van der Waals surface area contributed by atoms with Crippen molar-refractivity contribution < 1.29 is 0 Å². The van der Waals surface area contributed by atoms with Crippen LogP contribution in [0.4, 0.5) is 5.82 Å². The van der Waals surface area contributed by atoms with Crippen molar-refractivity contribution >= 4 is 5.82 Å². The third kappa shape index (κ3) is 3.19. The molecule has 0 bridgehead atoms. The molecule has 1 aromatic heterocycles. The molecule has 0 unspecified atom stereocenters. The summed E-state index contributed by atoms with van der Waals surface area (Å²) in [5, 5.41) is 3.41. The molecule has 1 aliphatic rings. The summed E-state index contributed by atoms with van der Waals surface area (Å²) < 4.78 is 0. The first-order chi connectivity index (χ1) is 8.16. The van der Waals surface area contributed by atoms with Crippen LogP contribution in [0.25, 0.3) is 0 Å². The summed E-state index contributed by atoms with van der Waals surface area (Å²) in [5.74, 6) is 1.13. The highest BCUT2D eigenvalue weighted by atomic mass is 15.2. The number of rotatable bonds is 4. The molecule has 0 saturated carbocycles. The Morgan fingerprint density at radius 2 is 2.29 bits per heavy atom. The normalized spacial score (nSPS) is 20.2. The largest absolute Gasteiger partial charge is 0.354 e. The molecule has 0 amide bonds. The van der Waals surface area contributed by atoms with Gasteiger partial charge in [-0.25, -0.2) is 4.98 Å². The number of hydrogen-bond acceptors (Lipinski definition) is 3. The molecule has 94 valence electrons. The molecule has 0 radical (unpaired) electrons. The SMILES string of the molecule is CC(C)NCc1ccc(N2CCC[C@H]2C)nc1. The van der Waals surface area contributed by atoms with Crippen LogP contribution in [0, 0.1) is 0 Å². The zero-order valence-electron chi connectivity index (χ0n) is 11.1. The molecule has 1 aromatic rings. The first-order valence-corrected chi connectivity index (χ1v) is 6.62. The van der Waals surface area contributed by atoms with E-state index < -0.39 is 0 Å². The minimum atomic E-state index is 0.522. The molecular weight excluding hydrogens is 210 g/mol. The van der Waals surface area contributed by atoms with E-state index in [1.54, 1.807) is 0 Å².